The van der Waals surface area contributed by atoms with Crippen LogP contribution in [0.4, 0.5) is 13.2 Å². The van der Waals surface area contributed by atoms with E-state index in [1.165, 1.54) is 24.3 Å². The van der Waals surface area contributed by atoms with E-state index < -0.39 is 35.4 Å². The van der Waals surface area contributed by atoms with Crippen LogP contribution in [0.15, 0.2) is 85.1 Å². The van der Waals surface area contributed by atoms with Crippen LogP contribution in [0.2, 0.25) is 0 Å². The summed E-state index contributed by atoms with van der Waals surface area (Å²) in [5.41, 5.74) is 7.88. The lowest BCUT2D eigenvalue weighted by Gasteiger charge is -2.27. The molecule has 1 aliphatic heterocycles. The molecule has 0 saturated carbocycles. The predicted octanol–water partition coefficient (Wildman–Crippen LogP) is 5.33. The number of nitrogens with one attached hydrogen (secondary N) is 1. The van der Waals surface area contributed by atoms with Gasteiger partial charge in [0.05, 0.1) is 23.3 Å². The fourth-order valence-corrected chi connectivity index (χ4v) is 5.40. The smallest absolute Gasteiger partial charge is 0.251 e. The van der Waals surface area contributed by atoms with Gasteiger partial charge in [-0.25, -0.2) is 13.2 Å². The van der Waals surface area contributed by atoms with Crippen LogP contribution in [0.3, 0.4) is 0 Å². The van der Waals surface area contributed by atoms with Crippen molar-refractivity contribution in [2.24, 2.45) is 5.73 Å². The molecule has 210 valence electrons. The Bertz CT molecular complexity index is 1540. The van der Waals surface area contributed by atoms with Crippen molar-refractivity contribution in [3.05, 3.63) is 125 Å². The molecular formula is C32H29F3N4O2. The van der Waals surface area contributed by atoms with Gasteiger partial charge < -0.3 is 11.1 Å². The van der Waals surface area contributed by atoms with E-state index in [9.17, 15) is 22.8 Å². The van der Waals surface area contributed by atoms with Gasteiger partial charge in [-0.15, -0.1) is 0 Å². The Labute approximate surface area is 236 Å². The van der Waals surface area contributed by atoms with E-state index in [1.807, 2.05) is 30.3 Å². The van der Waals surface area contributed by atoms with Crippen LogP contribution in [0.25, 0.3) is 11.1 Å². The van der Waals surface area contributed by atoms with Gasteiger partial charge in [0.15, 0.2) is 0 Å². The third-order valence-electron chi connectivity index (χ3n) is 7.28. The third-order valence-corrected chi connectivity index (χ3v) is 7.28. The number of primary amides is 1. The average molecular weight is 559 g/mol. The molecule has 1 saturated heterocycles. The summed E-state index contributed by atoms with van der Waals surface area (Å²) in [6.45, 7) is 1.37. The zero-order chi connectivity index (χ0) is 28.9. The summed E-state index contributed by atoms with van der Waals surface area (Å²) in [4.78, 5) is 32.2. The molecule has 3 N–H and O–H groups in total. The van der Waals surface area contributed by atoms with Gasteiger partial charge in [-0.05, 0) is 72.8 Å². The molecule has 1 aliphatic rings. The minimum atomic E-state index is -0.922. The minimum absolute atomic E-state index is 0.0414. The highest BCUT2D eigenvalue weighted by molar-refractivity contribution is 5.94. The number of rotatable bonds is 9. The molecule has 5 rings (SSSR count). The van der Waals surface area contributed by atoms with E-state index in [-0.39, 0.29) is 17.9 Å². The average Bonchev–Trinajstić information content (AvgIpc) is 3.41. The van der Waals surface area contributed by atoms with Crippen LogP contribution in [0.5, 0.6) is 0 Å². The third kappa shape index (κ3) is 6.63. The quantitative estimate of drug-likeness (QED) is 0.291. The van der Waals surface area contributed by atoms with Crippen molar-refractivity contribution in [3.63, 3.8) is 0 Å². The number of nitrogens with two attached hydrogens (primary N) is 1. The maximum atomic E-state index is 14.2. The molecule has 0 bridgehead atoms. The second-order valence-electron chi connectivity index (χ2n) is 10.2. The molecule has 0 radical (unpaired) electrons. The normalized spacial score (nSPS) is 15.9. The van der Waals surface area contributed by atoms with Gasteiger partial charge in [0, 0.05) is 24.4 Å². The molecule has 6 nitrogen and oxygen atoms in total. The maximum absolute atomic E-state index is 14.2. The minimum Gasteiger partial charge on any atom is -0.366 e. The van der Waals surface area contributed by atoms with Crippen molar-refractivity contribution in [1.29, 1.82) is 0 Å². The fourth-order valence-electron chi connectivity index (χ4n) is 5.40. The number of amides is 2. The second-order valence-corrected chi connectivity index (χ2v) is 10.2. The number of benzene rings is 3. The molecule has 0 aliphatic carbocycles. The Morgan fingerprint density at radius 1 is 0.951 bits per heavy atom. The zero-order valence-electron chi connectivity index (χ0n) is 22.2. The van der Waals surface area contributed by atoms with E-state index in [0.717, 1.165) is 30.7 Å². The number of likely N-dealkylation sites (tertiary alicyclic amines) is 1. The summed E-state index contributed by atoms with van der Waals surface area (Å²) >= 11 is 0. The van der Waals surface area contributed by atoms with Crippen molar-refractivity contribution in [2.45, 2.75) is 37.9 Å². The second kappa shape index (κ2) is 12.3. The lowest BCUT2D eigenvalue weighted by Crippen LogP contribution is -2.44. The Kier molecular flexibility index (Phi) is 8.45. The Morgan fingerprint density at radius 3 is 2.44 bits per heavy atom. The number of carbonyl (C=O) groups is 2. The Hall–Kier alpha value is -4.50. The molecule has 41 heavy (non-hydrogen) atoms. The highest BCUT2D eigenvalue weighted by Gasteiger charge is 2.33. The van der Waals surface area contributed by atoms with Crippen LogP contribution in [0.1, 0.15) is 46.1 Å². The first-order chi connectivity index (χ1) is 19.8. The topological polar surface area (TPSA) is 88.3 Å². The molecular weight excluding hydrogens is 529 g/mol. The molecule has 2 heterocycles. The molecule has 0 spiro atoms. The van der Waals surface area contributed by atoms with Crippen molar-refractivity contribution >= 4 is 11.8 Å². The van der Waals surface area contributed by atoms with Gasteiger partial charge >= 0.3 is 0 Å². The van der Waals surface area contributed by atoms with Crippen molar-refractivity contribution in [3.8, 4) is 11.1 Å². The molecule has 9 heteroatoms. The number of pyridine rings is 1. The highest BCUT2D eigenvalue weighted by Crippen LogP contribution is 2.31. The monoisotopic (exact) mass is 558 g/mol. The number of carbonyl (C=O) groups excluding carboxylic acids is 2. The molecule has 2 amide bonds. The standard InChI is InChI=1S/C32H29F3N4O2/c33-23-14-21(15-24(34)18-23)16-28(38-32(41)29-9-5-13-39(29)19-20-6-2-1-3-7-20)30-25(8-4-12-37-30)22-10-11-27(35)26(17-22)31(36)40/h1-4,6-8,10-12,14-15,17-18,28-29H,5,9,13,16,19H2,(H2,36,40)(H,38,41)/t28-,29?/m0/s1. The first-order valence-electron chi connectivity index (χ1n) is 13.4. The summed E-state index contributed by atoms with van der Waals surface area (Å²) in [6, 6.07) is 19.2. The maximum Gasteiger partial charge on any atom is 0.251 e. The zero-order valence-corrected chi connectivity index (χ0v) is 22.2. The first-order valence-corrected chi connectivity index (χ1v) is 13.4. The predicted molar refractivity (Wildman–Crippen MR) is 149 cm³/mol. The van der Waals surface area contributed by atoms with E-state index in [1.54, 1.807) is 18.3 Å². The lowest BCUT2D eigenvalue weighted by atomic mass is 9.94. The van der Waals surface area contributed by atoms with Gasteiger partial charge in [-0.2, -0.15) is 0 Å². The van der Waals surface area contributed by atoms with Gasteiger partial charge in [0.2, 0.25) is 5.91 Å². The van der Waals surface area contributed by atoms with Crippen molar-refractivity contribution in [1.82, 2.24) is 15.2 Å². The van der Waals surface area contributed by atoms with E-state index >= 15 is 0 Å². The number of hydrogen-bond donors (Lipinski definition) is 2. The van der Waals surface area contributed by atoms with Crippen molar-refractivity contribution in [2.75, 3.05) is 6.54 Å². The molecule has 1 unspecified atom stereocenters. The summed E-state index contributed by atoms with van der Waals surface area (Å²) in [7, 11) is 0. The summed E-state index contributed by atoms with van der Waals surface area (Å²) in [5, 5.41) is 3.08. The van der Waals surface area contributed by atoms with Crippen LogP contribution in [-0.2, 0) is 17.8 Å². The highest BCUT2D eigenvalue weighted by atomic mass is 19.1. The van der Waals surface area contributed by atoms with Gasteiger partial charge in [-0.1, -0.05) is 42.5 Å². The summed E-state index contributed by atoms with van der Waals surface area (Å²) < 4.78 is 42.5. The summed E-state index contributed by atoms with van der Waals surface area (Å²) in [5.74, 6) is -3.38. The lowest BCUT2D eigenvalue weighted by molar-refractivity contribution is -0.126. The Balaban J connectivity index is 1.50. The number of nitrogens with zero attached hydrogens (tertiary/aromatic N) is 2. The number of aromatic nitrogens is 1. The largest absolute Gasteiger partial charge is 0.366 e. The number of halogens is 3. The van der Waals surface area contributed by atoms with E-state index in [4.69, 9.17) is 5.73 Å². The molecule has 1 fully saturated rings. The van der Waals surface area contributed by atoms with Crippen LogP contribution >= 0.6 is 0 Å². The first kappa shape index (κ1) is 28.0. The molecule has 2 atom stereocenters. The number of hydrogen-bond acceptors (Lipinski definition) is 4. The van der Waals surface area contributed by atoms with E-state index in [0.29, 0.717) is 35.3 Å². The van der Waals surface area contributed by atoms with Crippen molar-refractivity contribution < 1.29 is 22.8 Å². The van der Waals surface area contributed by atoms with Crippen LogP contribution < -0.4 is 11.1 Å². The molecule has 1 aromatic heterocycles. The summed E-state index contributed by atoms with van der Waals surface area (Å²) in [6.07, 6.45) is 3.10. The van der Waals surface area contributed by atoms with Gasteiger partial charge in [-0.3, -0.25) is 19.5 Å². The van der Waals surface area contributed by atoms with E-state index in [2.05, 4.69) is 15.2 Å². The fraction of sp³-hybridized carbons (Fsp3) is 0.219. The van der Waals surface area contributed by atoms with Gasteiger partial charge in [0.1, 0.15) is 17.5 Å². The molecule has 3 aromatic carbocycles. The Morgan fingerprint density at radius 2 is 1.71 bits per heavy atom. The van der Waals surface area contributed by atoms with Crippen LogP contribution in [0, 0.1) is 17.5 Å². The molecule has 4 aromatic rings. The van der Waals surface area contributed by atoms with Gasteiger partial charge in [0.25, 0.3) is 5.91 Å². The SMILES string of the molecule is NC(=O)c1cc(-c2cccnc2[C@H](Cc2cc(F)cc(F)c2)NC(=O)C2CCCN2Cc2ccccc2)ccc1F. The van der Waals surface area contributed by atoms with Crippen LogP contribution in [-0.4, -0.2) is 34.3 Å².